The summed E-state index contributed by atoms with van der Waals surface area (Å²) in [6.07, 6.45) is 5.80. The molecule has 2 rings (SSSR count). The smallest absolute Gasteiger partial charge is 0.0108 e. The molecule has 0 amide bonds. The standard InChI is InChI=1S/C8H15N/c1-2-7-5-6-9(7)8-3-4-8/h7-8H,2-6H2,1H3. The highest BCUT2D eigenvalue weighted by Gasteiger charge is 2.37. The van der Waals surface area contributed by atoms with Crippen LogP contribution in [0.1, 0.15) is 32.6 Å². The Hall–Kier alpha value is -0.0400. The molecule has 1 saturated heterocycles. The van der Waals surface area contributed by atoms with Gasteiger partial charge in [0, 0.05) is 18.6 Å². The van der Waals surface area contributed by atoms with Crippen molar-refractivity contribution in [2.45, 2.75) is 44.7 Å². The summed E-state index contributed by atoms with van der Waals surface area (Å²) >= 11 is 0. The highest BCUT2D eigenvalue weighted by Crippen LogP contribution is 2.35. The molecule has 9 heavy (non-hydrogen) atoms. The van der Waals surface area contributed by atoms with Crippen molar-refractivity contribution < 1.29 is 0 Å². The zero-order valence-corrected chi connectivity index (χ0v) is 6.14. The third-order valence-corrected chi connectivity index (χ3v) is 2.68. The summed E-state index contributed by atoms with van der Waals surface area (Å²) in [5.74, 6) is 0. The molecule has 1 atom stereocenters. The molecular formula is C8H15N. The molecule has 0 N–H and O–H groups in total. The molecule has 0 aromatic rings. The van der Waals surface area contributed by atoms with Crippen LogP contribution in [0.4, 0.5) is 0 Å². The van der Waals surface area contributed by atoms with Crippen molar-refractivity contribution in [3.05, 3.63) is 0 Å². The Morgan fingerprint density at radius 2 is 2.11 bits per heavy atom. The average Bonchev–Trinajstić information content (AvgIpc) is 2.48. The first-order valence-corrected chi connectivity index (χ1v) is 4.17. The van der Waals surface area contributed by atoms with E-state index >= 15 is 0 Å². The summed E-state index contributed by atoms with van der Waals surface area (Å²) in [4.78, 5) is 2.68. The van der Waals surface area contributed by atoms with Crippen molar-refractivity contribution in [3.63, 3.8) is 0 Å². The molecule has 1 saturated carbocycles. The van der Waals surface area contributed by atoms with Crippen LogP contribution < -0.4 is 0 Å². The zero-order chi connectivity index (χ0) is 6.27. The summed E-state index contributed by atoms with van der Waals surface area (Å²) in [6.45, 7) is 3.70. The first-order valence-electron chi connectivity index (χ1n) is 4.17. The Bertz CT molecular complexity index is 105. The van der Waals surface area contributed by atoms with E-state index in [9.17, 15) is 0 Å². The summed E-state index contributed by atoms with van der Waals surface area (Å²) in [7, 11) is 0. The molecular weight excluding hydrogens is 110 g/mol. The topological polar surface area (TPSA) is 3.24 Å². The molecule has 1 aliphatic carbocycles. The van der Waals surface area contributed by atoms with Gasteiger partial charge in [-0.15, -0.1) is 0 Å². The largest absolute Gasteiger partial charge is 0.297 e. The second-order valence-corrected chi connectivity index (χ2v) is 3.32. The van der Waals surface area contributed by atoms with E-state index in [0.29, 0.717) is 0 Å². The molecule has 2 fully saturated rings. The first-order chi connectivity index (χ1) is 4.42. The molecule has 52 valence electrons. The van der Waals surface area contributed by atoms with Crippen LogP contribution in [0.15, 0.2) is 0 Å². The van der Waals surface area contributed by atoms with Gasteiger partial charge in [-0.3, -0.25) is 4.90 Å². The summed E-state index contributed by atoms with van der Waals surface area (Å²) in [5.41, 5.74) is 0. The maximum atomic E-state index is 2.68. The van der Waals surface area contributed by atoms with Gasteiger partial charge in [-0.25, -0.2) is 0 Å². The van der Waals surface area contributed by atoms with Gasteiger partial charge in [0.15, 0.2) is 0 Å². The molecule has 1 unspecified atom stereocenters. The summed E-state index contributed by atoms with van der Waals surface area (Å²) in [5, 5.41) is 0. The third kappa shape index (κ3) is 0.877. The molecule has 2 aliphatic rings. The van der Waals surface area contributed by atoms with Crippen LogP contribution in [0.5, 0.6) is 0 Å². The lowest BCUT2D eigenvalue weighted by atomic mass is 10.0. The number of likely N-dealkylation sites (tertiary alicyclic amines) is 1. The van der Waals surface area contributed by atoms with E-state index in [4.69, 9.17) is 0 Å². The van der Waals surface area contributed by atoms with E-state index < -0.39 is 0 Å². The van der Waals surface area contributed by atoms with Crippen LogP contribution in [-0.4, -0.2) is 23.5 Å². The Labute approximate surface area is 57.0 Å². The van der Waals surface area contributed by atoms with Crippen molar-refractivity contribution in [1.82, 2.24) is 4.90 Å². The first kappa shape index (κ1) is 5.72. The SMILES string of the molecule is CCC1CCN1C1CC1. The van der Waals surface area contributed by atoms with Crippen LogP contribution in [0.2, 0.25) is 0 Å². The van der Waals surface area contributed by atoms with E-state index in [1.807, 2.05) is 0 Å². The third-order valence-electron chi connectivity index (χ3n) is 2.68. The Morgan fingerprint density at radius 1 is 1.33 bits per heavy atom. The van der Waals surface area contributed by atoms with Crippen LogP contribution in [-0.2, 0) is 0 Å². The van der Waals surface area contributed by atoms with E-state index in [0.717, 1.165) is 12.1 Å². The monoisotopic (exact) mass is 125 g/mol. The number of hydrogen-bond acceptors (Lipinski definition) is 1. The fourth-order valence-electron chi connectivity index (χ4n) is 1.79. The van der Waals surface area contributed by atoms with Crippen LogP contribution in [0.3, 0.4) is 0 Å². The minimum atomic E-state index is 0.970. The number of rotatable bonds is 2. The predicted molar refractivity (Wildman–Crippen MR) is 38.4 cm³/mol. The van der Waals surface area contributed by atoms with Gasteiger partial charge in [0.1, 0.15) is 0 Å². The zero-order valence-electron chi connectivity index (χ0n) is 6.14. The van der Waals surface area contributed by atoms with Gasteiger partial charge in [0.2, 0.25) is 0 Å². The highest BCUT2D eigenvalue weighted by molar-refractivity contribution is 4.94. The maximum absolute atomic E-state index is 2.68. The lowest BCUT2D eigenvalue weighted by Gasteiger charge is -2.40. The van der Waals surface area contributed by atoms with Crippen LogP contribution >= 0.6 is 0 Å². The van der Waals surface area contributed by atoms with Crippen LogP contribution in [0.25, 0.3) is 0 Å². The number of hydrogen-bond donors (Lipinski definition) is 0. The lowest BCUT2D eigenvalue weighted by Crippen LogP contribution is -2.48. The quantitative estimate of drug-likeness (QED) is 0.542. The summed E-state index contributed by atoms with van der Waals surface area (Å²) < 4.78 is 0. The van der Waals surface area contributed by atoms with Gasteiger partial charge >= 0.3 is 0 Å². The molecule has 0 aromatic heterocycles. The molecule has 1 nitrogen and oxygen atoms in total. The van der Waals surface area contributed by atoms with Crippen LogP contribution in [0, 0.1) is 0 Å². The molecule has 1 aliphatic heterocycles. The molecule has 1 heteroatoms. The van der Waals surface area contributed by atoms with E-state index in [-0.39, 0.29) is 0 Å². The molecule has 0 spiro atoms. The number of nitrogens with zero attached hydrogens (tertiary/aromatic N) is 1. The lowest BCUT2D eigenvalue weighted by molar-refractivity contribution is 0.0785. The molecule has 0 radical (unpaired) electrons. The molecule has 1 heterocycles. The van der Waals surface area contributed by atoms with Gasteiger partial charge < -0.3 is 0 Å². The van der Waals surface area contributed by atoms with Gasteiger partial charge in [-0.2, -0.15) is 0 Å². The maximum Gasteiger partial charge on any atom is 0.0108 e. The highest BCUT2D eigenvalue weighted by atomic mass is 15.3. The van der Waals surface area contributed by atoms with Gasteiger partial charge in [0.25, 0.3) is 0 Å². The van der Waals surface area contributed by atoms with Crippen molar-refractivity contribution in [2.24, 2.45) is 0 Å². The van der Waals surface area contributed by atoms with Crippen molar-refractivity contribution in [1.29, 1.82) is 0 Å². The molecule has 0 aromatic carbocycles. The van der Waals surface area contributed by atoms with E-state index in [2.05, 4.69) is 11.8 Å². The van der Waals surface area contributed by atoms with Gasteiger partial charge in [0.05, 0.1) is 0 Å². The van der Waals surface area contributed by atoms with Gasteiger partial charge in [-0.05, 0) is 25.7 Å². The minimum Gasteiger partial charge on any atom is -0.297 e. The Kier molecular flexibility index (Phi) is 1.26. The fraction of sp³-hybridized carbons (Fsp3) is 1.00. The normalized spacial score (nSPS) is 36.3. The van der Waals surface area contributed by atoms with Crippen molar-refractivity contribution in [2.75, 3.05) is 6.54 Å². The predicted octanol–water partition coefficient (Wildman–Crippen LogP) is 1.63. The summed E-state index contributed by atoms with van der Waals surface area (Å²) in [6, 6.07) is 1.99. The minimum absolute atomic E-state index is 0.970. The van der Waals surface area contributed by atoms with E-state index in [1.165, 1.54) is 32.2 Å². The van der Waals surface area contributed by atoms with E-state index in [1.54, 1.807) is 0 Å². The van der Waals surface area contributed by atoms with Crippen molar-refractivity contribution in [3.8, 4) is 0 Å². The van der Waals surface area contributed by atoms with Crippen molar-refractivity contribution >= 4 is 0 Å². The Balaban J connectivity index is 1.83. The second kappa shape index (κ2) is 1.98. The van der Waals surface area contributed by atoms with Gasteiger partial charge in [-0.1, -0.05) is 6.92 Å². The average molecular weight is 125 g/mol. The second-order valence-electron chi connectivity index (χ2n) is 3.32. The fourth-order valence-corrected chi connectivity index (χ4v) is 1.79. The molecule has 0 bridgehead atoms. The Morgan fingerprint density at radius 3 is 2.44 bits per heavy atom.